The first-order valence-electron chi connectivity index (χ1n) is 9.84. The molecule has 5 rings (SSSR count). The molecule has 31 heavy (non-hydrogen) atoms. The number of ether oxygens (including phenoxy) is 2. The predicted molar refractivity (Wildman–Crippen MR) is 109 cm³/mol. The van der Waals surface area contributed by atoms with E-state index in [1.165, 1.54) is 19.2 Å². The molecular formula is C24H18ClF2NO3. The first-order chi connectivity index (χ1) is 14.9. The molecule has 2 aromatic carbocycles. The Kier molecular flexibility index (Phi) is 4.58. The van der Waals surface area contributed by atoms with Gasteiger partial charge in [-0.3, -0.25) is 0 Å². The molecule has 1 aliphatic heterocycles. The summed E-state index contributed by atoms with van der Waals surface area (Å²) in [6.07, 6.45) is -1.66. The summed E-state index contributed by atoms with van der Waals surface area (Å²) in [7, 11) is 1.45. The molecule has 7 heteroatoms. The van der Waals surface area contributed by atoms with Gasteiger partial charge in [0.1, 0.15) is 16.5 Å². The number of fused-ring (bicyclic) bond motifs is 3. The lowest BCUT2D eigenvalue weighted by Gasteiger charge is -2.40. The van der Waals surface area contributed by atoms with Crippen molar-refractivity contribution in [1.82, 2.24) is 4.98 Å². The summed E-state index contributed by atoms with van der Waals surface area (Å²) in [6, 6.07) is 19.0. The van der Waals surface area contributed by atoms with Crippen LogP contribution in [0, 0.1) is 12.1 Å². The molecule has 3 unspecified atom stereocenters. The average molecular weight is 442 g/mol. The third-order valence-corrected chi connectivity index (χ3v) is 6.53. The largest absolute Gasteiger partial charge is 0.481 e. The van der Waals surface area contributed by atoms with Gasteiger partial charge in [0.25, 0.3) is 6.43 Å². The summed E-state index contributed by atoms with van der Waals surface area (Å²) >= 11 is 6.16. The number of methoxy groups -OCH3 is 1. The molecule has 1 fully saturated rings. The van der Waals surface area contributed by atoms with Crippen molar-refractivity contribution in [2.75, 3.05) is 7.11 Å². The van der Waals surface area contributed by atoms with Crippen LogP contribution in [0.4, 0.5) is 8.78 Å². The van der Waals surface area contributed by atoms with Gasteiger partial charge in [-0.05, 0) is 30.5 Å². The van der Waals surface area contributed by atoms with Crippen LogP contribution in [0.2, 0.25) is 5.15 Å². The second-order valence-electron chi connectivity index (χ2n) is 7.79. The van der Waals surface area contributed by atoms with Crippen molar-refractivity contribution in [1.29, 1.82) is 0 Å². The number of nitrogens with zero attached hydrogens (tertiary/aromatic N) is 1. The van der Waals surface area contributed by atoms with Crippen LogP contribution in [0.5, 0.6) is 11.6 Å². The van der Waals surface area contributed by atoms with Gasteiger partial charge >= 0.3 is 0 Å². The molecule has 1 aliphatic carbocycles. The Balaban J connectivity index is 1.76. The van der Waals surface area contributed by atoms with E-state index < -0.39 is 17.6 Å². The Bertz CT molecular complexity index is 1130. The third-order valence-electron chi connectivity index (χ3n) is 6.34. The molecule has 2 heterocycles. The number of pyridine rings is 1. The highest BCUT2D eigenvalue weighted by atomic mass is 35.5. The van der Waals surface area contributed by atoms with E-state index in [0.717, 1.165) is 5.56 Å². The standard InChI is InChI=1S/C24H18ClF2NO3/c1-30-22-20-18(13-19(25)28-22)31-24(16-9-7-15(8-10-16)21(26)27)17(11-12-23(20,24)29)14-5-3-2-4-6-14/h2-3,5,7-10,13,17,21,29H,11-12H2,1H3. The van der Waals surface area contributed by atoms with Crippen molar-refractivity contribution in [2.45, 2.75) is 36.4 Å². The Hall–Kier alpha value is -2.88. The van der Waals surface area contributed by atoms with Gasteiger partial charge in [0.15, 0.2) is 5.60 Å². The number of aromatic nitrogens is 1. The van der Waals surface area contributed by atoms with Crippen molar-refractivity contribution < 1.29 is 23.4 Å². The van der Waals surface area contributed by atoms with Gasteiger partial charge in [0.2, 0.25) is 5.88 Å². The van der Waals surface area contributed by atoms with E-state index in [-0.39, 0.29) is 22.5 Å². The van der Waals surface area contributed by atoms with Gasteiger partial charge in [-0.25, -0.2) is 13.8 Å². The fourth-order valence-corrected chi connectivity index (χ4v) is 5.25. The van der Waals surface area contributed by atoms with Crippen molar-refractivity contribution in [3.63, 3.8) is 0 Å². The van der Waals surface area contributed by atoms with Crippen molar-refractivity contribution in [3.8, 4) is 11.6 Å². The zero-order valence-electron chi connectivity index (χ0n) is 16.5. The molecule has 3 aromatic rings. The Morgan fingerprint density at radius 1 is 1.29 bits per heavy atom. The summed E-state index contributed by atoms with van der Waals surface area (Å²) in [5, 5.41) is 12.3. The molecule has 2 aliphatic rings. The van der Waals surface area contributed by atoms with Crippen molar-refractivity contribution in [3.05, 3.63) is 88.1 Å². The van der Waals surface area contributed by atoms with E-state index >= 15 is 0 Å². The number of halogens is 3. The number of hydrogen-bond donors (Lipinski definition) is 1. The molecule has 0 saturated heterocycles. The molecule has 1 saturated carbocycles. The highest BCUT2D eigenvalue weighted by Crippen LogP contribution is 2.68. The summed E-state index contributed by atoms with van der Waals surface area (Å²) < 4.78 is 38.3. The Labute approximate surface area is 183 Å². The molecule has 0 spiro atoms. The second kappa shape index (κ2) is 7.08. The quantitative estimate of drug-likeness (QED) is 0.556. The Morgan fingerprint density at radius 2 is 2.06 bits per heavy atom. The van der Waals surface area contributed by atoms with Crippen LogP contribution in [0.1, 0.15) is 47.4 Å². The molecule has 0 radical (unpaired) electrons. The molecule has 0 bridgehead atoms. The average Bonchev–Trinajstić information content (AvgIpc) is 3.20. The fourth-order valence-electron chi connectivity index (χ4n) is 5.07. The van der Waals surface area contributed by atoms with Gasteiger partial charge in [0, 0.05) is 23.1 Å². The minimum Gasteiger partial charge on any atom is -0.481 e. The monoisotopic (exact) mass is 441 g/mol. The highest BCUT2D eigenvalue weighted by molar-refractivity contribution is 6.29. The molecule has 158 valence electrons. The maximum atomic E-state index is 13.2. The fraction of sp³-hybridized carbons (Fsp3) is 0.292. The van der Waals surface area contributed by atoms with E-state index in [4.69, 9.17) is 21.1 Å². The van der Waals surface area contributed by atoms with Gasteiger partial charge in [-0.2, -0.15) is 0 Å². The van der Waals surface area contributed by atoms with E-state index in [9.17, 15) is 13.9 Å². The van der Waals surface area contributed by atoms with Gasteiger partial charge in [-0.15, -0.1) is 0 Å². The minimum atomic E-state index is -2.59. The Morgan fingerprint density at radius 3 is 2.71 bits per heavy atom. The SMILES string of the molecule is COc1nc(Cl)cc2c1C1(O)CCC(c3c#cccc3)C1(c1ccc(C(F)F)cc1)O2. The number of rotatable bonds is 4. The number of hydrogen-bond acceptors (Lipinski definition) is 4. The lowest BCUT2D eigenvalue weighted by molar-refractivity contribution is -0.106. The first-order valence-corrected chi connectivity index (χ1v) is 10.2. The number of benzene rings is 1. The van der Waals surface area contributed by atoms with Crippen LogP contribution in [-0.4, -0.2) is 17.2 Å². The van der Waals surface area contributed by atoms with Gasteiger partial charge < -0.3 is 14.6 Å². The smallest absolute Gasteiger partial charge is 0.263 e. The maximum absolute atomic E-state index is 13.2. The van der Waals surface area contributed by atoms with E-state index in [2.05, 4.69) is 17.1 Å². The predicted octanol–water partition coefficient (Wildman–Crippen LogP) is 5.33. The second-order valence-corrected chi connectivity index (χ2v) is 8.18. The topological polar surface area (TPSA) is 51.6 Å². The molecular weight excluding hydrogens is 424 g/mol. The molecule has 1 aromatic heterocycles. The number of aliphatic hydroxyl groups is 1. The van der Waals surface area contributed by atoms with E-state index in [0.29, 0.717) is 29.7 Å². The summed E-state index contributed by atoms with van der Waals surface area (Å²) in [6.45, 7) is 0. The van der Waals surface area contributed by atoms with E-state index in [1.54, 1.807) is 24.3 Å². The summed E-state index contributed by atoms with van der Waals surface area (Å²) in [4.78, 5) is 4.22. The minimum absolute atomic E-state index is 0.101. The van der Waals surface area contributed by atoms with Gasteiger partial charge in [0.05, 0.1) is 12.7 Å². The summed E-state index contributed by atoms with van der Waals surface area (Å²) in [5.74, 6) is 0.227. The van der Waals surface area contributed by atoms with Crippen LogP contribution in [0.3, 0.4) is 0 Å². The van der Waals surface area contributed by atoms with E-state index in [1.807, 2.05) is 12.1 Å². The van der Waals surface area contributed by atoms with Crippen LogP contribution < -0.4 is 9.47 Å². The van der Waals surface area contributed by atoms with Crippen molar-refractivity contribution in [2.24, 2.45) is 0 Å². The van der Waals surface area contributed by atoms with Crippen molar-refractivity contribution >= 4 is 11.6 Å². The van der Waals surface area contributed by atoms with Crippen LogP contribution >= 0.6 is 11.6 Å². The lowest BCUT2D eigenvalue weighted by Crippen LogP contribution is -2.48. The van der Waals surface area contributed by atoms with Crippen LogP contribution in [-0.2, 0) is 11.2 Å². The zero-order chi connectivity index (χ0) is 21.8. The normalized spacial score (nSPS) is 26.2. The first kappa shape index (κ1) is 20.0. The van der Waals surface area contributed by atoms with Crippen LogP contribution in [0.25, 0.3) is 0 Å². The van der Waals surface area contributed by atoms with Gasteiger partial charge in [-0.1, -0.05) is 54.1 Å². The molecule has 3 atom stereocenters. The number of alkyl halides is 2. The summed E-state index contributed by atoms with van der Waals surface area (Å²) in [5.41, 5.74) is -1.10. The zero-order valence-corrected chi connectivity index (χ0v) is 17.3. The highest BCUT2D eigenvalue weighted by Gasteiger charge is 2.69. The van der Waals surface area contributed by atoms with Crippen LogP contribution in [0.15, 0.2) is 48.5 Å². The molecule has 0 amide bonds. The third kappa shape index (κ3) is 2.73. The maximum Gasteiger partial charge on any atom is 0.263 e. The molecule has 4 nitrogen and oxygen atoms in total. The molecule has 1 N–H and O–H groups in total. The lowest BCUT2D eigenvalue weighted by atomic mass is 9.72.